The normalized spacial score (nSPS) is 16.0. The number of anilines is 1. The largest absolute Gasteiger partial charge is 0.352 e. The molecule has 0 bridgehead atoms. The summed E-state index contributed by atoms with van der Waals surface area (Å²) in [7, 11) is 0. The Morgan fingerprint density at radius 3 is 2.45 bits per heavy atom. The quantitative estimate of drug-likeness (QED) is 0.716. The molecule has 164 valence electrons. The molecule has 0 radical (unpaired) electrons. The van der Waals surface area contributed by atoms with Gasteiger partial charge in [0.15, 0.2) is 0 Å². The molecule has 1 aliphatic heterocycles. The Balaban J connectivity index is 1.59. The van der Waals surface area contributed by atoms with E-state index in [1.165, 1.54) is 5.56 Å². The summed E-state index contributed by atoms with van der Waals surface area (Å²) in [6.07, 6.45) is 0.215. The molecule has 31 heavy (non-hydrogen) atoms. The molecule has 0 saturated carbocycles. The van der Waals surface area contributed by atoms with Crippen molar-refractivity contribution in [3.05, 3.63) is 64.7 Å². The monoisotopic (exact) mass is 421 g/mol. The van der Waals surface area contributed by atoms with Gasteiger partial charge in [-0.3, -0.25) is 14.4 Å². The van der Waals surface area contributed by atoms with Gasteiger partial charge in [0.25, 0.3) is 5.91 Å². The van der Waals surface area contributed by atoms with Crippen LogP contribution < -0.4 is 10.6 Å². The lowest BCUT2D eigenvalue weighted by Gasteiger charge is -2.17. The van der Waals surface area contributed by atoms with Crippen LogP contribution in [0, 0.1) is 25.7 Å². The first-order valence-corrected chi connectivity index (χ1v) is 10.8. The number of likely N-dealkylation sites (tertiary alicyclic amines) is 1. The fourth-order valence-corrected chi connectivity index (χ4v) is 3.59. The number of hydrogen-bond donors (Lipinski definition) is 2. The van der Waals surface area contributed by atoms with Crippen LogP contribution in [-0.4, -0.2) is 35.7 Å². The van der Waals surface area contributed by atoms with Crippen molar-refractivity contribution in [2.45, 2.75) is 40.7 Å². The first kappa shape index (κ1) is 22.5. The summed E-state index contributed by atoms with van der Waals surface area (Å²) in [6.45, 7) is 9.51. The highest BCUT2D eigenvalue weighted by molar-refractivity contribution is 5.99. The van der Waals surface area contributed by atoms with Crippen LogP contribution in [0.1, 0.15) is 47.3 Å². The number of aryl methyl sites for hydroxylation is 2. The van der Waals surface area contributed by atoms with E-state index in [9.17, 15) is 14.4 Å². The van der Waals surface area contributed by atoms with E-state index in [2.05, 4.69) is 10.6 Å². The summed E-state index contributed by atoms with van der Waals surface area (Å²) in [4.78, 5) is 39.2. The zero-order valence-electron chi connectivity index (χ0n) is 18.7. The summed E-state index contributed by atoms with van der Waals surface area (Å²) in [5.41, 5.74) is 4.27. The van der Waals surface area contributed by atoms with Gasteiger partial charge in [-0.25, -0.2) is 0 Å². The van der Waals surface area contributed by atoms with Gasteiger partial charge in [0.05, 0.1) is 5.92 Å². The van der Waals surface area contributed by atoms with E-state index in [0.717, 1.165) is 11.1 Å². The van der Waals surface area contributed by atoms with Gasteiger partial charge in [0.1, 0.15) is 0 Å². The molecule has 2 aromatic carbocycles. The Bertz CT molecular complexity index is 966. The van der Waals surface area contributed by atoms with E-state index >= 15 is 0 Å². The maximum Gasteiger partial charge on any atom is 0.251 e. The number of nitrogens with one attached hydrogen (secondary N) is 2. The first-order chi connectivity index (χ1) is 14.7. The van der Waals surface area contributed by atoms with Crippen LogP contribution in [0.2, 0.25) is 0 Å². The minimum atomic E-state index is -0.383. The molecule has 3 amide bonds. The molecule has 0 aromatic heterocycles. The third-order valence-electron chi connectivity index (χ3n) is 5.50. The summed E-state index contributed by atoms with van der Waals surface area (Å²) in [6, 6.07) is 13.3. The maximum absolute atomic E-state index is 12.8. The van der Waals surface area contributed by atoms with Gasteiger partial charge in [0, 0.05) is 37.3 Å². The van der Waals surface area contributed by atoms with E-state index < -0.39 is 0 Å². The number of hydrogen-bond acceptors (Lipinski definition) is 3. The predicted octanol–water partition coefficient (Wildman–Crippen LogP) is 3.68. The summed E-state index contributed by atoms with van der Waals surface area (Å²) in [5, 5.41) is 5.83. The zero-order chi connectivity index (χ0) is 22.5. The molecule has 1 aliphatic rings. The molecule has 1 atom stereocenters. The Hall–Kier alpha value is -3.15. The van der Waals surface area contributed by atoms with Crippen molar-refractivity contribution in [3.63, 3.8) is 0 Å². The van der Waals surface area contributed by atoms with Gasteiger partial charge in [0.2, 0.25) is 11.8 Å². The second-order valence-electron chi connectivity index (χ2n) is 8.78. The van der Waals surface area contributed by atoms with Crippen LogP contribution in [0.15, 0.2) is 42.5 Å². The minimum Gasteiger partial charge on any atom is -0.352 e. The number of amides is 3. The molecule has 6 heteroatoms. The smallest absolute Gasteiger partial charge is 0.251 e. The van der Waals surface area contributed by atoms with Gasteiger partial charge in [-0.2, -0.15) is 0 Å². The number of carbonyl (C=O) groups is 3. The molecule has 2 N–H and O–H groups in total. The highest BCUT2D eigenvalue weighted by Gasteiger charge is 2.34. The molecule has 2 aromatic rings. The van der Waals surface area contributed by atoms with Crippen molar-refractivity contribution in [2.75, 3.05) is 18.4 Å². The predicted molar refractivity (Wildman–Crippen MR) is 122 cm³/mol. The summed E-state index contributed by atoms with van der Waals surface area (Å²) < 4.78 is 0. The Labute approximate surface area is 184 Å². The fourth-order valence-electron chi connectivity index (χ4n) is 3.59. The van der Waals surface area contributed by atoms with Crippen molar-refractivity contribution >= 4 is 23.4 Å². The van der Waals surface area contributed by atoms with Gasteiger partial charge in [-0.1, -0.05) is 43.7 Å². The Morgan fingerprint density at radius 2 is 1.81 bits per heavy atom. The molecular formula is C25H31N3O3. The van der Waals surface area contributed by atoms with Crippen molar-refractivity contribution in [1.29, 1.82) is 0 Å². The number of nitrogens with zero attached hydrogens (tertiary/aromatic N) is 1. The molecule has 6 nitrogen and oxygen atoms in total. The second kappa shape index (κ2) is 9.77. The highest BCUT2D eigenvalue weighted by atomic mass is 16.2. The van der Waals surface area contributed by atoms with Crippen LogP contribution in [0.3, 0.4) is 0 Å². The van der Waals surface area contributed by atoms with E-state index in [4.69, 9.17) is 0 Å². The molecule has 0 aliphatic carbocycles. The third-order valence-corrected chi connectivity index (χ3v) is 5.50. The fraction of sp³-hybridized carbons (Fsp3) is 0.400. The summed E-state index contributed by atoms with van der Waals surface area (Å²) in [5.74, 6) is -0.299. The van der Waals surface area contributed by atoms with Crippen molar-refractivity contribution in [1.82, 2.24) is 10.2 Å². The van der Waals surface area contributed by atoms with Crippen LogP contribution in [0.4, 0.5) is 5.69 Å². The summed E-state index contributed by atoms with van der Waals surface area (Å²) >= 11 is 0. The molecule has 3 rings (SSSR count). The highest BCUT2D eigenvalue weighted by Crippen LogP contribution is 2.24. The lowest BCUT2D eigenvalue weighted by molar-refractivity contribution is -0.128. The van der Waals surface area contributed by atoms with Crippen LogP contribution >= 0.6 is 0 Å². The van der Waals surface area contributed by atoms with Crippen molar-refractivity contribution in [2.24, 2.45) is 11.8 Å². The standard InChI is InChI=1S/C25H31N3O3/c1-16(2)13-26-24(30)20-9-10-22(18(4)11-20)27-25(31)21-12-23(29)28(15-21)14-19-7-5-17(3)6-8-19/h5-11,16,21H,12-15H2,1-4H3,(H,26,30)(H,27,31). The SMILES string of the molecule is Cc1ccc(CN2CC(C(=O)Nc3ccc(C(=O)NCC(C)C)cc3C)CC2=O)cc1. The molecule has 1 saturated heterocycles. The molecule has 1 heterocycles. The van der Waals surface area contributed by atoms with Crippen molar-refractivity contribution in [3.8, 4) is 0 Å². The van der Waals surface area contributed by atoms with E-state index in [1.54, 1.807) is 23.1 Å². The van der Waals surface area contributed by atoms with Crippen LogP contribution in [0.5, 0.6) is 0 Å². The topological polar surface area (TPSA) is 78.5 Å². The van der Waals surface area contributed by atoms with Crippen LogP contribution in [-0.2, 0) is 16.1 Å². The number of benzene rings is 2. The second-order valence-corrected chi connectivity index (χ2v) is 8.78. The van der Waals surface area contributed by atoms with E-state index in [1.807, 2.05) is 52.0 Å². The average Bonchev–Trinajstić information content (AvgIpc) is 3.09. The van der Waals surface area contributed by atoms with Gasteiger partial charge < -0.3 is 15.5 Å². The zero-order valence-corrected chi connectivity index (χ0v) is 18.7. The van der Waals surface area contributed by atoms with E-state index in [-0.39, 0.29) is 30.1 Å². The number of rotatable bonds is 7. The van der Waals surface area contributed by atoms with Crippen molar-refractivity contribution < 1.29 is 14.4 Å². The first-order valence-electron chi connectivity index (χ1n) is 10.8. The Morgan fingerprint density at radius 1 is 1.10 bits per heavy atom. The maximum atomic E-state index is 12.8. The van der Waals surface area contributed by atoms with Gasteiger partial charge in [-0.05, 0) is 49.1 Å². The average molecular weight is 422 g/mol. The molecular weight excluding hydrogens is 390 g/mol. The van der Waals surface area contributed by atoms with Crippen LogP contribution in [0.25, 0.3) is 0 Å². The van der Waals surface area contributed by atoms with Gasteiger partial charge >= 0.3 is 0 Å². The third kappa shape index (κ3) is 5.94. The molecule has 1 fully saturated rings. The lowest BCUT2D eigenvalue weighted by Crippen LogP contribution is -2.28. The molecule has 0 spiro atoms. The Kier molecular flexibility index (Phi) is 7.10. The van der Waals surface area contributed by atoms with Gasteiger partial charge in [-0.15, -0.1) is 0 Å². The lowest BCUT2D eigenvalue weighted by atomic mass is 10.1. The minimum absolute atomic E-state index is 0.00498. The molecule has 1 unspecified atom stereocenters. The number of carbonyl (C=O) groups excluding carboxylic acids is 3. The van der Waals surface area contributed by atoms with E-state index in [0.29, 0.717) is 36.8 Å².